The maximum Gasteiger partial charge on any atom is -0.00488 e. The lowest BCUT2D eigenvalue weighted by molar-refractivity contribution is 0.660. The van der Waals surface area contributed by atoms with Gasteiger partial charge >= 0.3 is 0 Å². The highest BCUT2D eigenvalue weighted by Gasteiger charge is 1.93. The number of hydrogen-bond acceptors (Lipinski definition) is 1. The average molecular weight is 100 g/mol. The second kappa shape index (κ2) is 4.13. The molecule has 0 saturated heterocycles. The normalized spacial score (nSPS) is 14.1. The zero-order valence-electron chi connectivity index (χ0n) is 5.15. The second-order valence-electron chi connectivity index (χ2n) is 1.86. The summed E-state index contributed by atoms with van der Waals surface area (Å²) in [6, 6.07) is 0. The van der Waals surface area contributed by atoms with Crippen LogP contribution in [0, 0.1) is 12.3 Å². The van der Waals surface area contributed by atoms with Gasteiger partial charge < -0.3 is 5.73 Å². The quantitative estimate of drug-likeness (QED) is 0.566. The van der Waals surface area contributed by atoms with Crippen LogP contribution in [0.3, 0.4) is 0 Å². The first kappa shape index (κ1) is 6.96. The fourth-order valence-corrected chi connectivity index (χ4v) is 0.499. The molecule has 0 aliphatic carbocycles. The predicted octanol–water partition coefficient (Wildman–Crippen LogP) is 1.20. The van der Waals surface area contributed by atoms with E-state index in [-0.39, 0.29) is 0 Å². The molecule has 0 spiro atoms. The Morgan fingerprint density at radius 3 is 2.43 bits per heavy atom. The summed E-state index contributed by atoms with van der Waals surface area (Å²) in [6.07, 6.45) is 3.36. The summed E-state index contributed by atoms with van der Waals surface area (Å²) < 4.78 is 0. The van der Waals surface area contributed by atoms with Gasteiger partial charge in [0.25, 0.3) is 0 Å². The van der Waals surface area contributed by atoms with Crippen LogP contribution >= 0.6 is 0 Å². The fraction of sp³-hybridized carbons (Fsp3) is 0.833. The molecule has 1 nitrogen and oxygen atoms in total. The van der Waals surface area contributed by atoms with Gasteiger partial charge in [0.05, 0.1) is 0 Å². The van der Waals surface area contributed by atoms with E-state index in [4.69, 9.17) is 5.73 Å². The van der Waals surface area contributed by atoms with Crippen LogP contribution in [-0.4, -0.2) is 6.54 Å². The molecule has 0 amide bonds. The third kappa shape index (κ3) is 3.80. The van der Waals surface area contributed by atoms with Gasteiger partial charge in [-0.2, -0.15) is 0 Å². The Labute approximate surface area is 45.9 Å². The van der Waals surface area contributed by atoms with E-state index >= 15 is 0 Å². The van der Waals surface area contributed by atoms with Crippen LogP contribution < -0.4 is 5.73 Å². The molecule has 43 valence electrons. The number of nitrogens with two attached hydrogens (primary N) is 1. The first-order valence-electron chi connectivity index (χ1n) is 2.84. The molecule has 0 fully saturated rings. The van der Waals surface area contributed by atoms with Crippen LogP contribution in [0.5, 0.6) is 0 Å². The van der Waals surface area contributed by atoms with Gasteiger partial charge in [-0.1, -0.05) is 20.3 Å². The highest BCUT2D eigenvalue weighted by Crippen LogP contribution is 1.98. The Hall–Kier alpha value is -0.0400. The van der Waals surface area contributed by atoms with Gasteiger partial charge in [-0.15, -0.1) is 0 Å². The van der Waals surface area contributed by atoms with E-state index in [1.807, 2.05) is 0 Å². The fourth-order valence-electron chi connectivity index (χ4n) is 0.499. The van der Waals surface area contributed by atoms with E-state index < -0.39 is 0 Å². The van der Waals surface area contributed by atoms with E-state index in [2.05, 4.69) is 20.3 Å². The summed E-state index contributed by atoms with van der Waals surface area (Å²) in [7, 11) is 0. The Morgan fingerprint density at radius 2 is 2.29 bits per heavy atom. The minimum Gasteiger partial charge on any atom is -0.330 e. The first-order chi connectivity index (χ1) is 3.31. The number of hydrogen-bond donors (Lipinski definition) is 1. The second-order valence-corrected chi connectivity index (χ2v) is 1.86. The summed E-state index contributed by atoms with van der Waals surface area (Å²) in [5, 5.41) is 0. The van der Waals surface area contributed by atoms with Crippen LogP contribution in [0.4, 0.5) is 0 Å². The van der Waals surface area contributed by atoms with Crippen molar-refractivity contribution >= 4 is 0 Å². The van der Waals surface area contributed by atoms with Crippen LogP contribution in [0.1, 0.15) is 20.3 Å². The van der Waals surface area contributed by atoms with Crippen molar-refractivity contribution in [2.75, 3.05) is 6.54 Å². The standard InChI is InChI=1S/C6H14N/c1-3-4-6(2)5-7/h4,6H,3,5,7H2,1-2H3. The van der Waals surface area contributed by atoms with Crippen molar-refractivity contribution in [2.24, 2.45) is 11.7 Å². The van der Waals surface area contributed by atoms with Gasteiger partial charge in [0, 0.05) is 0 Å². The third-order valence-electron chi connectivity index (χ3n) is 1.01. The lowest BCUT2D eigenvalue weighted by Gasteiger charge is -2.02. The molecule has 1 heteroatoms. The number of rotatable bonds is 3. The highest BCUT2D eigenvalue weighted by atomic mass is 14.5. The molecular formula is C6H14N. The van der Waals surface area contributed by atoms with E-state index in [1.54, 1.807) is 0 Å². The summed E-state index contributed by atoms with van der Waals surface area (Å²) >= 11 is 0. The van der Waals surface area contributed by atoms with Crippen molar-refractivity contribution in [1.82, 2.24) is 0 Å². The first-order valence-corrected chi connectivity index (χ1v) is 2.84. The van der Waals surface area contributed by atoms with Crippen molar-refractivity contribution in [3.63, 3.8) is 0 Å². The van der Waals surface area contributed by atoms with Crippen molar-refractivity contribution in [3.05, 3.63) is 6.42 Å². The lowest BCUT2D eigenvalue weighted by Crippen LogP contribution is -2.10. The van der Waals surface area contributed by atoms with Gasteiger partial charge in [-0.25, -0.2) is 0 Å². The average Bonchev–Trinajstić information content (AvgIpc) is 1.68. The Balaban J connectivity index is 2.83. The smallest absolute Gasteiger partial charge is 0.00488 e. The SMILES string of the molecule is CC[CH]C(C)CN. The van der Waals surface area contributed by atoms with Crippen molar-refractivity contribution < 1.29 is 0 Å². The van der Waals surface area contributed by atoms with E-state index in [1.165, 1.54) is 0 Å². The molecule has 1 unspecified atom stereocenters. The predicted molar refractivity (Wildman–Crippen MR) is 32.8 cm³/mol. The van der Waals surface area contributed by atoms with Gasteiger partial charge in [-0.3, -0.25) is 0 Å². The molecule has 0 aliphatic rings. The molecule has 1 atom stereocenters. The van der Waals surface area contributed by atoms with E-state index in [0.29, 0.717) is 5.92 Å². The third-order valence-corrected chi connectivity index (χ3v) is 1.01. The molecule has 1 radical (unpaired) electrons. The Morgan fingerprint density at radius 1 is 1.71 bits per heavy atom. The lowest BCUT2D eigenvalue weighted by atomic mass is 10.1. The highest BCUT2D eigenvalue weighted by molar-refractivity contribution is 4.69. The Bertz CT molecular complexity index is 35.2. The maximum atomic E-state index is 5.33. The zero-order valence-corrected chi connectivity index (χ0v) is 5.15. The van der Waals surface area contributed by atoms with Crippen molar-refractivity contribution in [3.8, 4) is 0 Å². The molecule has 0 aromatic carbocycles. The molecule has 0 bridgehead atoms. The van der Waals surface area contributed by atoms with Gasteiger partial charge in [0.2, 0.25) is 0 Å². The summed E-state index contributed by atoms with van der Waals surface area (Å²) in [6.45, 7) is 5.05. The van der Waals surface area contributed by atoms with Crippen LogP contribution in [0.2, 0.25) is 0 Å². The minimum atomic E-state index is 0.602. The van der Waals surface area contributed by atoms with Crippen LogP contribution in [0.15, 0.2) is 0 Å². The van der Waals surface area contributed by atoms with Crippen LogP contribution in [-0.2, 0) is 0 Å². The van der Waals surface area contributed by atoms with Crippen molar-refractivity contribution in [2.45, 2.75) is 20.3 Å². The summed E-state index contributed by atoms with van der Waals surface area (Å²) in [5.74, 6) is 0.602. The van der Waals surface area contributed by atoms with Crippen molar-refractivity contribution in [1.29, 1.82) is 0 Å². The topological polar surface area (TPSA) is 26.0 Å². The molecular weight excluding hydrogens is 86.1 g/mol. The molecule has 0 aromatic heterocycles. The molecule has 0 saturated carbocycles. The molecule has 2 N–H and O–H groups in total. The Kier molecular flexibility index (Phi) is 4.10. The molecule has 0 aliphatic heterocycles. The van der Waals surface area contributed by atoms with Crippen LogP contribution in [0.25, 0.3) is 0 Å². The molecule has 0 aromatic rings. The van der Waals surface area contributed by atoms with E-state index in [0.717, 1.165) is 13.0 Å². The van der Waals surface area contributed by atoms with Gasteiger partial charge in [0.1, 0.15) is 0 Å². The molecule has 7 heavy (non-hydrogen) atoms. The molecule has 0 heterocycles. The summed E-state index contributed by atoms with van der Waals surface area (Å²) in [4.78, 5) is 0. The largest absolute Gasteiger partial charge is 0.330 e. The monoisotopic (exact) mass is 100 g/mol. The van der Waals surface area contributed by atoms with E-state index in [9.17, 15) is 0 Å². The zero-order chi connectivity index (χ0) is 5.70. The maximum absolute atomic E-state index is 5.33. The minimum absolute atomic E-state index is 0.602. The summed E-state index contributed by atoms with van der Waals surface area (Å²) in [5.41, 5.74) is 5.33. The van der Waals surface area contributed by atoms with Gasteiger partial charge in [-0.05, 0) is 18.9 Å². The van der Waals surface area contributed by atoms with Gasteiger partial charge in [0.15, 0.2) is 0 Å². The molecule has 0 rings (SSSR count).